The third-order valence-electron chi connectivity index (χ3n) is 3.43. The largest absolute Gasteiger partial charge is 0.573 e. The molecule has 0 aliphatic heterocycles. The Bertz CT molecular complexity index is 588. The van der Waals surface area contributed by atoms with Crippen LogP contribution in [0.4, 0.5) is 13.2 Å². The fourth-order valence-corrected chi connectivity index (χ4v) is 2.28. The number of aliphatic carboxylic acids is 1. The molecule has 0 atom stereocenters. The minimum absolute atomic E-state index is 0.0152. The van der Waals surface area contributed by atoms with Gasteiger partial charge in [0.25, 0.3) is 0 Å². The van der Waals surface area contributed by atoms with Crippen LogP contribution in [0.25, 0.3) is 0 Å². The number of carboxylic acid groups (broad SMARTS) is 1. The van der Waals surface area contributed by atoms with Gasteiger partial charge < -0.3 is 25.7 Å². The highest BCUT2D eigenvalue weighted by atomic mass is 19.4. The third kappa shape index (κ3) is 8.47. The Morgan fingerprint density at radius 1 is 1.15 bits per heavy atom. The number of ether oxygens (including phenoxy) is 2. The number of rotatable bonds is 5. The van der Waals surface area contributed by atoms with E-state index in [0.29, 0.717) is 0 Å². The molecular formula is C16H22F3N3O4. The van der Waals surface area contributed by atoms with Crippen LogP contribution in [0, 0.1) is 0 Å². The molecule has 0 aromatic heterocycles. The number of hydrogen-bond acceptors (Lipinski definition) is 6. The molecule has 146 valence electrons. The summed E-state index contributed by atoms with van der Waals surface area (Å²) in [4.78, 5) is 10.7. The normalized spacial score (nSPS) is 15.8. The van der Waals surface area contributed by atoms with Gasteiger partial charge in [-0.2, -0.15) is 0 Å². The van der Waals surface area contributed by atoms with Crippen molar-refractivity contribution in [1.29, 1.82) is 0 Å². The molecule has 10 heteroatoms. The summed E-state index contributed by atoms with van der Waals surface area (Å²) in [6, 6.07) is 7.05. The van der Waals surface area contributed by atoms with Crippen LogP contribution in [0.3, 0.4) is 0 Å². The Hall–Kier alpha value is -2.62. The molecule has 26 heavy (non-hydrogen) atoms. The van der Waals surface area contributed by atoms with Crippen LogP contribution in [0.5, 0.6) is 5.75 Å². The fourth-order valence-electron chi connectivity index (χ4n) is 2.28. The van der Waals surface area contributed by atoms with Gasteiger partial charge in [-0.3, -0.25) is 5.84 Å². The van der Waals surface area contributed by atoms with Gasteiger partial charge in [0.05, 0.1) is 0 Å². The number of benzene rings is 1. The van der Waals surface area contributed by atoms with E-state index < -0.39 is 12.3 Å². The summed E-state index contributed by atoms with van der Waals surface area (Å²) in [7, 11) is 0. The van der Waals surface area contributed by atoms with Gasteiger partial charge in [-0.1, -0.05) is 24.6 Å². The number of nitrogens with two attached hydrogens (primary N) is 2. The van der Waals surface area contributed by atoms with Crippen LogP contribution in [-0.2, 0) is 9.53 Å². The van der Waals surface area contributed by atoms with Crippen molar-refractivity contribution in [3.63, 3.8) is 0 Å². The summed E-state index contributed by atoms with van der Waals surface area (Å²) >= 11 is 0. The molecule has 1 fully saturated rings. The van der Waals surface area contributed by atoms with E-state index in [1.807, 2.05) is 5.43 Å². The SMILES string of the molecule is FC(F)(F)Oc1ccccc1.NN/C(C(=O)O)=C(\N)OC1CCCCC1. The first-order valence-electron chi connectivity index (χ1n) is 7.90. The van der Waals surface area contributed by atoms with Gasteiger partial charge >= 0.3 is 12.3 Å². The van der Waals surface area contributed by atoms with Gasteiger partial charge in [0.2, 0.25) is 5.88 Å². The van der Waals surface area contributed by atoms with Crippen LogP contribution in [-0.4, -0.2) is 23.5 Å². The molecule has 1 aliphatic carbocycles. The molecule has 0 spiro atoms. The third-order valence-corrected chi connectivity index (χ3v) is 3.43. The number of carbonyl (C=O) groups is 1. The maximum atomic E-state index is 11.5. The lowest BCUT2D eigenvalue weighted by molar-refractivity contribution is -0.274. The van der Waals surface area contributed by atoms with Gasteiger partial charge in [-0.25, -0.2) is 4.79 Å². The lowest BCUT2D eigenvalue weighted by Gasteiger charge is -2.23. The van der Waals surface area contributed by atoms with Gasteiger partial charge in [0.1, 0.15) is 11.9 Å². The molecule has 0 saturated heterocycles. The Morgan fingerprint density at radius 3 is 2.19 bits per heavy atom. The highest BCUT2D eigenvalue weighted by Gasteiger charge is 2.30. The van der Waals surface area contributed by atoms with Crippen LogP contribution in [0.1, 0.15) is 32.1 Å². The van der Waals surface area contributed by atoms with E-state index >= 15 is 0 Å². The zero-order chi connectivity index (χ0) is 19.6. The van der Waals surface area contributed by atoms with Crippen molar-refractivity contribution in [3.8, 4) is 5.75 Å². The zero-order valence-corrected chi connectivity index (χ0v) is 14.0. The average molecular weight is 377 g/mol. The molecule has 2 rings (SSSR count). The van der Waals surface area contributed by atoms with E-state index in [2.05, 4.69) is 4.74 Å². The fraction of sp³-hybridized carbons (Fsp3) is 0.438. The van der Waals surface area contributed by atoms with Gasteiger partial charge in [0, 0.05) is 0 Å². The molecule has 0 unspecified atom stereocenters. The van der Waals surface area contributed by atoms with Crippen LogP contribution in [0.2, 0.25) is 0 Å². The van der Waals surface area contributed by atoms with Crippen molar-refractivity contribution >= 4 is 5.97 Å². The Balaban J connectivity index is 0.000000273. The Morgan fingerprint density at radius 2 is 1.73 bits per heavy atom. The minimum atomic E-state index is -4.60. The molecular weight excluding hydrogens is 355 g/mol. The summed E-state index contributed by atoms with van der Waals surface area (Å²) in [6.07, 6.45) is 0.635. The van der Waals surface area contributed by atoms with E-state index in [1.54, 1.807) is 6.07 Å². The quantitative estimate of drug-likeness (QED) is 0.269. The van der Waals surface area contributed by atoms with Crippen molar-refractivity contribution in [2.45, 2.75) is 44.6 Å². The molecule has 0 heterocycles. The lowest BCUT2D eigenvalue weighted by Crippen LogP contribution is -2.32. The summed E-state index contributed by atoms with van der Waals surface area (Å²) in [5, 5.41) is 8.71. The summed E-state index contributed by atoms with van der Waals surface area (Å²) < 4.78 is 43.5. The van der Waals surface area contributed by atoms with Crippen LogP contribution in [0.15, 0.2) is 41.9 Å². The average Bonchev–Trinajstić information content (AvgIpc) is 2.56. The Kier molecular flexibility index (Phi) is 8.56. The molecule has 0 radical (unpaired) electrons. The Labute approximate surface area is 148 Å². The minimum Gasteiger partial charge on any atom is -0.476 e. The molecule has 0 amide bonds. The van der Waals surface area contributed by atoms with Crippen molar-refractivity contribution < 1.29 is 32.5 Å². The lowest BCUT2D eigenvalue weighted by atomic mass is 9.98. The first kappa shape index (κ1) is 21.4. The maximum Gasteiger partial charge on any atom is 0.573 e. The standard InChI is InChI=1S/C9H17N3O3.C7H5F3O/c10-8(7(12-11)9(13)14)15-6-4-2-1-3-5-6;8-7(9,10)11-6-4-2-1-3-5-6/h6,12H,1-5,10-11H2,(H,13,14);1-5H/b8-7+;. The second-order valence-electron chi connectivity index (χ2n) is 5.43. The number of hydrogen-bond donors (Lipinski definition) is 4. The number of alkyl halides is 3. The van der Waals surface area contributed by atoms with Gasteiger partial charge in [-0.05, 0) is 37.8 Å². The summed E-state index contributed by atoms with van der Waals surface area (Å²) in [6.45, 7) is 0. The highest BCUT2D eigenvalue weighted by Crippen LogP contribution is 2.22. The molecule has 6 N–H and O–H groups in total. The van der Waals surface area contributed by atoms with Crippen molar-refractivity contribution in [3.05, 3.63) is 41.9 Å². The van der Waals surface area contributed by atoms with Crippen molar-refractivity contribution in [1.82, 2.24) is 5.43 Å². The molecule has 7 nitrogen and oxygen atoms in total. The van der Waals surface area contributed by atoms with E-state index in [-0.39, 0.29) is 23.4 Å². The molecule has 1 aliphatic rings. The summed E-state index contributed by atoms with van der Waals surface area (Å²) in [5.41, 5.74) is 7.22. The molecule has 1 saturated carbocycles. The topological polar surface area (TPSA) is 120 Å². The first-order valence-corrected chi connectivity index (χ1v) is 7.90. The number of nitrogens with one attached hydrogen (secondary N) is 1. The number of carboxylic acids is 1. The van der Waals surface area contributed by atoms with E-state index in [1.165, 1.54) is 30.7 Å². The highest BCUT2D eigenvalue weighted by molar-refractivity contribution is 5.86. The van der Waals surface area contributed by atoms with Crippen molar-refractivity contribution in [2.75, 3.05) is 0 Å². The van der Waals surface area contributed by atoms with E-state index in [9.17, 15) is 18.0 Å². The number of para-hydroxylation sites is 1. The number of hydrazine groups is 1. The number of halogens is 3. The molecule has 1 aromatic rings. The van der Waals surface area contributed by atoms with Gasteiger partial charge in [0.15, 0.2) is 5.70 Å². The molecule has 1 aromatic carbocycles. The smallest absolute Gasteiger partial charge is 0.476 e. The summed E-state index contributed by atoms with van der Waals surface area (Å²) in [5.74, 6) is 3.48. The van der Waals surface area contributed by atoms with E-state index in [4.69, 9.17) is 21.4 Å². The van der Waals surface area contributed by atoms with Crippen LogP contribution < -0.4 is 21.7 Å². The predicted octanol–water partition coefficient (Wildman–Crippen LogP) is 2.60. The second kappa shape index (κ2) is 10.4. The maximum absolute atomic E-state index is 11.5. The predicted molar refractivity (Wildman–Crippen MR) is 87.3 cm³/mol. The monoisotopic (exact) mass is 377 g/mol. The molecule has 0 bridgehead atoms. The van der Waals surface area contributed by atoms with Crippen LogP contribution >= 0.6 is 0 Å². The van der Waals surface area contributed by atoms with Gasteiger partial charge in [-0.15, -0.1) is 13.2 Å². The zero-order valence-electron chi connectivity index (χ0n) is 14.0. The first-order chi connectivity index (χ1) is 12.2. The van der Waals surface area contributed by atoms with E-state index in [0.717, 1.165) is 25.7 Å². The second-order valence-corrected chi connectivity index (χ2v) is 5.43. The van der Waals surface area contributed by atoms with Crippen molar-refractivity contribution in [2.24, 2.45) is 11.6 Å².